The molecule has 0 saturated heterocycles. The standard InChI is InChI=1S/C11H12N2O4S3/c1-6-4-19-10(12-6)7(2)13-20(16,17)9-3-8(5-18-9)11(14)15/h3-5,7,13H,1-2H3,(H,14,15). The number of nitrogens with one attached hydrogen (secondary N) is 1. The van der Waals surface area contributed by atoms with Crippen molar-refractivity contribution in [3.63, 3.8) is 0 Å². The first kappa shape index (κ1) is 15.1. The van der Waals surface area contributed by atoms with Crippen LogP contribution in [-0.2, 0) is 10.0 Å². The van der Waals surface area contributed by atoms with E-state index in [1.165, 1.54) is 16.7 Å². The van der Waals surface area contributed by atoms with Crippen LogP contribution < -0.4 is 4.72 Å². The lowest BCUT2D eigenvalue weighted by Gasteiger charge is -2.10. The number of carboxylic acid groups (broad SMARTS) is 1. The number of rotatable bonds is 5. The molecule has 20 heavy (non-hydrogen) atoms. The largest absolute Gasteiger partial charge is 0.478 e. The molecule has 0 spiro atoms. The number of thiazole rings is 1. The number of aromatic nitrogens is 1. The maximum Gasteiger partial charge on any atom is 0.336 e. The summed E-state index contributed by atoms with van der Waals surface area (Å²) in [4.78, 5) is 15.0. The van der Waals surface area contributed by atoms with Gasteiger partial charge in [-0.15, -0.1) is 22.7 Å². The van der Waals surface area contributed by atoms with E-state index in [0.29, 0.717) is 5.01 Å². The number of hydrogen-bond acceptors (Lipinski definition) is 6. The zero-order valence-electron chi connectivity index (χ0n) is 10.7. The molecule has 0 aromatic carbocycles. The molecule has 2 N–H and O–H groups in total. The van der Waals surface area contributed by atoms with Crippen LogP contribution in [0.3, 0.4) is 0 Å². The Morgan fingerprint density at radius 2 is 2.10 bits per heavy atom. The highest BCUT2D eigenvalue weighted by Gasteiger charge is 2.22. The second kappa shape index (κ2) is 5.60. The fraction of sp³-hybridized carbons (Fsp3) is 0.273. The number of aryl methyl sites for hydroxylation is 1. The first-order chi connectivity index (χ1) is 9.29. The predicted octanol–water partition coefficient (Wildman–Crippen LogP) is 2.25. The molecule has 0 aliphatic rings. The minimum Gasteiger partial charge on any atom is -0.478 e. The topological polar surface area (TPSA) is 96.4 Å². The van der Waals surface area contributed by atoms with E-state index in [2.05, 4.69) is 9.71 Å². The summed E-state index contributed by atoms with van der Waals surface area (Å²) in [6.45, 7) is 3.53. The highest BCUT2D eigenvalue weighted by atomic mass is 32.2. The van der Waals surface area contributed by atoms with Crippen LogP contribution in [0.2, 0.25) is 0 Å². The molecule has 108 valence electrons. The molecule has 2 aromatic heterocycles. The van der Waals surface area contributed by atoms with E-state index >= 15 is 0 Å². The summed E-state index contributed by atoms with van der Waals surface area (Å²) in [6, 6.07) is 0.684. The lowest BCUT2D eigenvalue weighted by atomic mass is 10.4. The molecule has 0 aliphatic heterocycles. The Kier molecular flexibility index (Phi) is 4.23. The Hall–Kier alpha value is -1.29. The van der Waals surface area contributed by atoms with Crippen LogP contribution >= 0.6 is 22.7 Å². The Bertz CT molecular complexity index is 732. The first-order valence-corrected chi connectivity index (χ1v) is 8.80. The van der Waals surface area contributed by atoms with Gasteiger partial charge in [-0.1, -0.05) is 0 Å². The van der Waals surface area contributed by atoms with Crippen LogP contribution in [0.5, 0.6) is 0 Å². The number of carboxylic acids is 1. The summed E-state index contributed by atoms with van der Waals surface area (Å²) >= 11 is 2.25. The van der Waals surface area contributed by atoms with Gasteiger partial charge in [0.25, 0.3) is 10.0 Å². The lowest BCUT2D eigenvalue weighted by molar-refractivity contribution is 0.0697. The fourth-order valence-corrected chi connectivity index (χ4v) is 4.74. The maximum absolute atomic E-state index is 12.1. The van der Waals surface area contributed by atoms with Crippen molar-refractivity contribution in [1.29, 1.82) is 0 Å². The van der Waals surface area contributed by atoms with E-state index in [-0.39, 0.29) is 9.77 Å². The summed E-state index contributed by atoms with van der Waals surface area (Å²) in [7, 11) is -3.74. The molecular weight excluding hydrogens is 320 g/mol. The van der Waals surface area contributed by atoms with Crippen molar-refractivity contribution < 1.29 is 18.3 Å². The average Bonchev–Trinajstić information content (AvgIpc) is 2.96. The molecule has 0 aliphatic carbocycles. The van der Waals surface area contributed by atoms with E-state index in [1.54, 1.807) is 6.92 Å². The molecule has 2 rings (SSSR count). The predicted molar refractivity (Wildman–Crippen MR) is 76.9 cm³/mol. The Balaban J connectivity index is 2.20. The molecule has 9 heteroatoms. The third-order valence-corrected chi connectivity index (χ3v) is 6.55. The van der Waals surface area contributed by atoms with Crippen molar-refractivity contribution in [2.75, 3.05) is 0 Å². The van der Waals surface area contributed by atoms with Gasteiger partial charge in [0, 0.05) is 16.5 Å². The molecule has 0 saturated carbocycles. The van der Waals surface area contributed by atoms with Crippen molar-refractivity contribution in [2.24, 2.45) is 0 Å². The van der Waals surface area contributed by atoms with E-state index in [0.717, 1.165) is 23.1 Å². The third kappa shape index (κ3) is 3.23. The number of thiophene rings is 1. The Morgan fingerprint density at radius 1 is 1.40 bits per heavy atom. The highest BCUT2D eigenvalue weighted by molar-refractivity contribution is 7.91. The maximum atomic E-state index is 12.1. The molecule has 6 nitrogen and oxygen atoms in total. The van der Waals surface area contributed by atoms with Crippen LogP contribution in [0.15, 0.2) is 21.0 Å². The molecule has 2 aromatic rings. The normalized spacial score (nSPS) is 13.3. The SMILES string of the molecule is Cc1csc(C(C)NS(=O)(=O)c2cc(C(=O)O)cs2)n1. The molecule has 0 amide bonds. The fourth-order valence-electron chi connectivity index (χ4n) is 1.48. The van der Waals surface area contributed by atoms with Crippen molar-refractivity contribution in [3.8, 4) is 0 Å². The molecule has 2 heterocycles. The van der Waals surface area contributed by atoms with Crippen molar-refractivity contribution >= 4 is 38.7 Å². The van der Waals surface area contributed by atoms with Gasteiger partial charge in [-0.2, -0.15) is 0 Å². The summed E-state index contributed by atoms with van der Waals surface area (Å²) in [5.74, 6) is -1.15. The van der Waals surface area contributed by atoms with Crippen LogP contribution in [0.4, 0.5) is 0 Å². The highest BCUT2D eigenvalue weighted by Crippen LogP contribution is 2.24. The molecule has 0 radical (unpaired) electrons. The first-order valence-electron chi connectivity index (χ1n) is 5.56. The van der Waals surface area contributed by atoms with E-state index in [9.17, 15) is 13.2 Å². The van der Waals surface area contributed by atoms with Gasteiger partial charge in [0.1, 0.15) is 9.22 Å². The smallest absolute Gasteiger partial charge is 0.336 e. The van der Waals surface area contributed by atoms with E-state index in [1.807, 2.05) is 12.3 Å². The van der Waals surface area contributed by atoms with Crippen molar-refractivity contribution in [2.45, 2.75) is 24.1 Å². The van der Waals surface area contributed by atoms with Gasteiger partial charge < -0.3 is 5.11 Å². The number of sulfonamides is 1. The van der Waals surface area contributed by atoms with Gasteiger partial charge in [0.2, 0.25) is 0 Å². The van der Waals surface area contributed by atoms with Crippen LogP contribution in [0, 0.1) is 6.92 Å². The zero-order chi connectivity index (χ0) is 14.9. The molecule has 1 atom stereocenters. The summed E-state index contributed by atoms with van der Waals surface area (Å²) in [5, 5.41) is 12.6. The van der Waals surface area contributed by atoms with Gasteiger partial charge in [-0.05, 0) is 19.9 Å². The van der Waals surface area contributed by atoms with Crippen LogP contribution in [0.1, 0.15) is 34.0 Å². The number of aromatic carboxylic acids is 1. The van der Waals surface area contributed by atoms with E-state index in [4.69, 9.17) is 5.11 Å². The number of carbonyl (C=O) groups is 1. The number of hydrogen-bond donors (Lipinski definition) is 2. The van der Waals surface area contributed by atoms with Crippen molar-refractivity contribution in [1.82, 2.24) is 9.71 Å². The molecular formula is C11H12N2O4S3. The monoisotopic (exact) mass is 332 g/mol. The van der Waals surface area contributed by atoms with Gasteiger partial charge >= 0.3 is 5.97 Å². The van der Waals surface area contributed by atoms with Crippen LogP contribution in [-0.4, -0.2) is 24.5 Å². The Morgan fingerprint density at radius 3 is 2.60 bits per heavy atom. The van der Waals surface area contributed by atoms with Gasteiger partial charge in [0.05, 0.1) is 11.6 Å². The summed E-state index contributed by atoms with van der Waals surface area (Å²) in [5.41, 5.74) is 0.799. The zero-order valence-corrected chi connectivity index (χ0v) is 13.1. The Labute approximate surface area is 124 Å². The average molecular weight is 332 g/mol. The summed E-state index contributed by atoms with van der Waals surface area (Å²) in [6.07, 6.45) is 0. The van der Waals surface area contributed by atoms with Gasteiger partial charge in [-0.25, -0.2) is 22.9 Å². The second-order valence-electron chi connectivity index (χ2n) is 4.13. The second-order valence-corrected chi connectivity index (χ2v) is 7.87. The minimum atomic E-state index is -3.74. The van der Waals surface area contributed by atoms with Crippen molar-refractivity contribution in [3.05, 3.63) is 33.1 Å². The number of nitrogens with zero attached hydrogens (tertiary/aromatic N) is 1. The van der Waals surface area contributed by atoms with Gasteiger partial charge in [0.15, 0.2) is 0 Å². The quantitative estimate of drug-likeness (QED) is 0.875. The molecule has 0 bridgehead atoms. The minimum absolute atomic E-state index is 0.0185. The van der Waals surface area contributed by atoms with E-state index < -0.39 is 22.0 Å². The summed E-state index contributed by atoms with van der Waals surface area (Å²) < 4.78 is 26.8. The molecule has 1 unspecified atom stereocenters. The molecule has 0 fully saturated rings. The van der Waals surface area contributed by atoms with Crippen LogP contribution in [0.25, 0.3) is 0 Å². The van der Waals surface area contributed by atoms with Gasteiger partial charge in [-0.3, -0.25) is 0 Å². The lowest BCUT2D eigenvalue weighted by Crippen LogP contribution is -2.26. The third-order valence-electron chi connectivity index (χ3n) is 2.43.